The SMILES string of the molecule is Cc1noc(C)c1-c1ccc2c(c1)nc([C@@H]1CCCC(=O)N1c1ccc(Cl)c(Cl)c1)n2C1CCC1. The van der Waals surface area contributed by atoms with Crippen molar-refractivity contribution in [3.8, 4) is 11.1 Å². The van der Waals surface area contributed by atoms with Crippen molar-refractivity contribution in [2.45, 2.75) is 64.5 Å². The number of carbonyl (C=O) groups excluding carboxylic acids is 1. The van der Waals surface area contributed by atoms with Crippen LogP contribution in [0.2, 0.25) is 10.0 Å². The molecule has 0 N–H and O–H groups in total. The molecule has 1 atom stereocenters. The number of aryl methyl sites for hydroxylation is 2. The normalized spacial score (nSPS) is 18.9. The summed E-state index contributed by atoms with van der Waals surface area (Å²) in [6.45, 7) is 3.89. The number of nitrogens with zero attached hydrogens (tertiary/aromatic N) is 4. The Balaban J connectivity index is 1.51. The van der Waals surface area contributed by atoms with E-state index in [0.29, 0.717) is 22.5 Å². The second kappa shape index (κ2) is 8.68. The molecule has 8 heteroatoms. The monoisotopic (exact) mass is 508 g/mol. The lowest BCUT2D eigenvalue weighted by atomic mass is 9.91. The van der Waals surface area contributed by atoms with Crippen molar-refractivity contribution in [2.75, 3.05) is 4.90 Å². The number of fused-ring (bicyclic) bond motifs is 1. The molecule has 2 aromatic carbocycles. The second-order valence-corrected chi connectivity index (χ2v) is 10.4. The van der Waals surface area contributed by atoms with Gasteiger partial charge in [-0.3, -0.25) is 4.79 Å². The van der Waals surface area contributed by atoms with Gasteiger partial charge in [0, 0.05) is 23.7 Å². The van der Waals surface area contributed by atoms with Crippen LogP contribution in [0.15, 0.2) is 40.9 Å². The van der Waals surface area contributed by atoms with Gasteiger partial charge < -0.3 is 14.0 Å². The van der Waals surface area contributed by atoms with Crippen LogP contribution in [0.3, 0.4) is 0 Å². The van der Waals surface area contributed by atoms with E-state index in [0.717, 1.165) is 70.8 Å². The minimum Gasteiger partial charge on any atom is -0.361 e. The number of benzene rings is 2. The van der Waals surface area contributed by atoms with Gasteiger partial charge in [-0.05, 0) is 81.8 Å². The fourth-order valence-electron chi connectivity index (χ4n) is 5.51. The Kier molecular flexibility index (Phi) is 5.61. The Hall–Kier alpha value is -2.83. The van der Waals surface area contributed by atoms with Crippen molar-refractivity contribution in [1.29, 1.82) is 0 Å². The molecule has 1 aliphatic heterocycles. The number of piperidine rings is 1. The molecule has 1 aliphatic carbocycles. The molecular weight excluding hydrogens is 483 g/mol. The highest BCUT2D eigenvalue weighted by molar-refractivity contribution is 6.42. The number of halogens is 2. The van der Waals surface area contributed by atoms with E-state index in [9.17, 15) is 4.79 Å². The Bertz CT molecular complexity index is 1430. The molecule has 2 aliphatic rings. The minimum absolute atomic E-state index is 0.0864. The summed E-state index contributed by atoms with van der Waals surface area (Å²) in [5, 5.41) is 5.04. The number of hydrogen-bond donors (Lipinski definition) is 0. The molecule has 180 valence electrons. The van der Waals surface area contributed by atoms with Crippen molar-refractivity contribution >= 4 is 45.8 Å². The smallest absolute Gasteiger partial charge is 0.227 e. The fraction of sp³-hybridized carbons (Fsp3) is 0.370. The van der Waals surface area contributed by atoms with E-state index in [1.807, 2.05) is 24.8 Å². The third-order valence-corrected chi connectivity index (χ3v) is 8.15. The van der Waals surface area contributed by atoms with Gasteiger partial charge in [-0.2, -0.15) is 0 Å². The molecule has 1 saturated heterocycles. The first-order chi connectivity index (χ1) is 16.9. The van der Waals surface area contributed by atoms with Crippen molar-refractivity contribution in [1.82, 2.24) is 14.7 Å². The number of carbonyl (C=O) groups is 1. The second-order valence-electron chi connectivity index (χ2n) is 9.60. The Morgan fingerprint density at radius 1 is 1.00 bits per heavy atom. The predicted octanol–water partition coefficient (Wildman–Crippen LogP) is 7.60. The Labute approximate surface area is 213 Å². The number of anilines is 1. The predicted molar refractivity (Wildman–Crippen MR) is 138 cm³/mol. The molecule has 1 saturated carbocycles. The van der Waals surface area contributed by atoms with E-state index in [1.54, 1.807) is 12.1 Å². The number of hydrogen-bond acceptors (Lipinski definition) is 4. The van der Waals surface area contributed by atoms with Gasteiger partial charge in [0.05, 0.1) is 32.8 Å². The first-order valence-corrected chi connectivity index (χ1v) is 12.9. The summed E-state index contributed by atoms with van der Waals surface area (Å²) < 4.78 is 7.78. The van der Waals surface area contributed by atoms with E-state index in [4.69, 9.17) is 32.7 Å². The van der Waals surface area contributed by atoms with Crippen LogP contribution >= 0.6 is 23.2 Å². The van der Waals surface area contributed by atoms with Gasteiger partial charge in [0.15, 0.2) is 0 Å². The zero-order valence-corrected chi connectivity index (χ0v) is 21.2. The Morgan fingerprint density at radius 3 is 2.51 bits per heavy atom. The molecule has 0 radical (unpaired) electrons. The first kappa shape index (κ1) is 22.6. The molecule has 4 aromatic rings. The van der Waals surface area contributed by atoms with E-state index in [-0.39, 0.29) is 11.9 Å². The molecule has 6 rings (SSSR count). The molecule has 0 bridgehead atoms. The number of imidazole rings is 1. The van der Waals surface area contributed by atoms with Gasteiger partial charge in [0.1, 0.15) is 11.6 Å². The van der Waals surface area contributed by atoms with Gasteiger partial charge >= 0.3 is 0 Å². The van der Waals surface area contributed by atoms with Crippen LogP contribution in [0.1, 0.15) is 67.9 Å². The summed E-state index contributed by atoms with van der Waals surface area (Å²) in [6.07, 6.45) is 5.64. The molecular formula is C27H26Cl2N4O2. The molecule has 35 heavy (non-hydrogen) atoms. The van der Waals surface area contributed by atoms with Crippen LogP contribution in [0, 0.1) is 13.8 Å². The van der Waals surface area contributed by atoms with E-state index in [2.05, 4.69) is 27.9 Å². The number of rotatable bonds is 4. The third kappa shape index (κ3) is 3.74. The van der Waals surface area contributed by atoms with Crippen LogP contribution < -0.4 is 4.90 Å². The molecule has 2 aromatic heterocycles. The third-order valence-electron chi connectivity index (χ3n) is 7.41. The topological polar surface area (TPSA) is 64.2 Å². The molecule has 0 spiro atoms. The zero-order valence-electron chi connectivity index (χ0n) is 19.7. The standard InChI is InChI=1S/C27H26Cl2N4O2/c1-15-26(16(2)35-31-15)17-9-12-23-22(13-17)30-27(33(23)18-5-3-6-18)24-7-4-8-25(34)32(24)19-10-11-20(28)21(29)14-19/h9-14,18,24H,3-8H2,1-2H3/t24-/m0/s1. The van der Waals surface area contributed by atoms with Gasteiger partial charge in [-0.25, -0.2) is 4.98 Å². The van der Waals surface area contributed by atoms with Crippen LogP contribution in [-0.2, 0) is 4.79 Å². The van der Waals surface area contributed by atoms with Crippen molar-refractivity contribution in [3.05, 3.63) is 63.7 Å². The van der Waals surface area contributed by atoms with Crippen molar-refractivity contribution in [3.63, 3.8) is 0 Å². The summed E-state index contributed by atoms with van der Waals surface area (Å²) in [5.41, 5.74) is 5.71. The van der Waals surface area contributed by atoms with Gasteiger partial charge in [0.2, 0.25) is 5.91 Å². The first-order valence-electron chi connectivity index (χ1n) is 12.1. The van der Waals surface area contributed by atoms with Crippen LogP contribution in [0.5, 0.6) is 0 Å². The summed E-state index contributed by atoms with van der Waals surface area (Å²) >= 11 is 12.5. The average Bonchev–Trinajstić information content (AvgIpc) is 3.33. The molecule has 1 amide bonds. The lowest BCUT2D eigenvalue weighted by molar-refractivity contribution is -0.120. The number of amides is 1. The lowest BCUT2D eigenvalue weighted by Gasteiger charge is -2.38. The Morgan fingerprint density at radius 2 is 1.83 bits per heavy atom. The quantitative estimate of drug-likeness (QED) is 0.284. The summed E-state index contributed by atoms with van der Waals surface area (Å²) in [6, 6.07) is 12.0. The van der Waals surface area contributed by atoms with Crippen LogP contribution in [-0.4, -0.2) is 20.6 Å². The summed E-state index contributed by atoms with van der Waals surface area (Å²) in [4.78, 5) is 20.3. The van der Waals surface area contributed by atoms with Gasteiger partial charge in [-0.1, -0.05) is 34.4 Å². The minimum atomic E-state index is -0.163. The van der Waals surface area contributed by atoms with Crippen LogP contribution in [0.25, 0.3) is 22.2 Å². The molecule has 2 fully saturated rings. The summed E-state index contributed by atoms with van der Waals surface area (Å²) in [5.74, 6) is 1.83. The average molecular weight is 509 g/mol. The largest absolute Gasteiger partial charge is 0.361 e. The van der Waals surface area contributed by atoms with Crippen molar-refractivity contribution < 1.29 is 9.32 Å². The molecule has 6 nitrogen and oxygen atoms in total. The maximum absolute atomic E-state index is 13.2. The number of aromatic nitrogens is 3. The van der Waals surface area contributed by atoms with Gasteiger partial charge in [-0.15, -0.1) is 0 Å². The molecule has 3 heterocycles. The zero-order chi connectivity index (χ0) is 24.3. The van der Waals surface area contributed by atoms with E-state index < -0.39 is 0 Å². The molecule has 0 unspecified atom stereocenters. The van der Waals surface area contributed by atoms with Gasteiger partial charge in [0.25, 0.3) is 0 Å². The van der Waals surface area contributed by atoms with Crippen LogP contribution in [0.4, 0.5) is 5.69 Å². The highest BCUT2D eigenvalue weighted by Crippen LogP contribution is 2.43. The van der Waals surface area contributed by atoms with E-state index in [1.165, 1.54) is 6.42 Å². The highest BCUT2D eigenvalue weighted by Gasteiger charge is 2.36. The fourth-order valence-corrected chi connectivity index (χ4v) is 5.80. The maximum Gasteiger partial charge on any atom is 0.227 e. The van der Waals surface area contributed by atoms with Crippen molar-refractivity contribution in [2.24, 2.45) is 0 Å². The summed E-state index contributed by atoms with van der Waals surface area (Å²) in [7, 11) is 0. The lowest BCUT2D eigenvalue weighted by Crippen LogP contribution is -2.40. The maximum atomic E-state index is 13.2. The van der Waals surface area contributed by atoms with E-state index >= 15 is 0 Å². The highest BCUT2D eigenvalue weighted by atomic mass is 35.5.